The maximum Gasteiger partial charge on any atom is 0.138 e. The minimum absolute atomic E-state index is 0.325. The molecule has 92 valence electrons. The van der Waals surface area contributed by atoms with Crippen molar-refractivity contribution in [2.45, 2.75) is 58.4 Å². The monoisotopic (exact) mass is 223 g/mol. The molecule has 0 aromatic carbocycles. The summed E-state index contributed by atoms with van der Waals surface area (Å²) in [5.41, 5.74) is 0. The molecule has 0 bridgehead atoms. The Bertz CT molecular complexity index is 251. The van der Waals surface area contributed by atoms with Crippen LogP contribution in [0.4, 0.5) is 0 Å². The average Bonchev–Trinajstić information content (AvgIpc) is 2.29. The van der Waals surface area contributed by atoms with Gasteiger partial charge in [-0.1, -0.05) is 26.7 Å². The SMILES string of the molecule is CCC1CN(C2CCCC(C)C2)CCC1=O. The van der Waals surface area contributed by atoms with E-state index >= 15 is 0 Å². The fourth-order valence-electron chi connectivity index (χ4n) is 3.36. The van der Waals surface area contributed by atoms with Crippen LogP contribution in [0.2, 0.25) is 0 Å². The van der Waals surface area contributed by atoms with Gasteiger partial charge in [0, 0.05) is 31.5 Å². The van der Waals surface area contributed by atoms with Gasteiger partial charge in [-0.15, -0.1) is 0 Å². The van der Waals surface area contributed by atoms with Gasteiger partial charge >= 0.3 is 0 Å². The third-order valence-corrected chi connectivity index (χ3v) is 4.47. The maximum absolute atomic E-state index is 11.7. The van der Waals surface area contributed by atoms with Gasteiger partial charge in [0.25, 0.3) is 0 Å². The zero-order chi connectivity index (χ0) is 11.5. The number of hydrogen-bond donors (Lipinski definition) is 0. The summed E-state index contributed by atoms with van der Waals surface area (Å²) in [5, 5.41) is 0. The van der Waals surface area contributed by atoms with Crippen molar-refractivity contribution in [3.05, 3.63) is 0 Å². The molecule has 1 aliphatic heterocycles. The van der Waals surface area contributed by atoms with Gasteiger partial charge in [0.05, 0.1) is 0 Å². The highest BCUT2D eigenvalue weighted by molar-refractivity contribution is 5.82. The number of Topliss-reactive ketones (excluding diaryl/α,β-unsaturated/α-hetero) is 1. The molecule has 0 aromatic heterocycles. The lowest BCUT2D eigenvalue weighted by molar-refractivity contribution is -0.127. The summed E-state index contributed by atoms with van der Waals surface area (Å²) < 4.78 is 0. The zero-order valence-electron chi connectivity index (χ0n) is 10.7. The van der Waals surface area contributed by atoms with Crippen molar-refractivity contribution in [3.8, 4) is 0 Å². The Hall–Kier alpha value is -0.370. The molecule has 2 heteroatoms. The number of carbonyl (C=O) groups is 1. The first-order valence-corrected chi connectivity index (χ1v) is 6.97. The third-order valence-electron chi connectivity index (χ3n) is 4.47. The lowest BCUT2D eigenvalue weighted by Gasteiger charge is -2.40. The van der Waals surface area contributed by atoms with Gasteiger partial charge in [-0.3, -0.25) is 9.69 Å². The molecule has 0 amide bonds. The van der Waals surface area contributed by atoms with E-state index in [4.69, 9.17) is 0 Å². The van der Waals surface area contributed by atoms with Gasteiger partial charge in [0.15, 0.2) is 0 Å². The molecule has 3 unspecified atom stereocenters. The zero-order valence-corrected chi connectivity index (χ0v) is 10.7. The number of piperidine rings is 1. The lowest BCUT2D eigenvalue weighted by Crippen LogP contribution is -2.47. The molecule has 2 fully saturated rings. The Morgan fingerprint density at radius 3 is 2.88 bits per heavy atom. The van der Waals surface area contributed by atoms with E-state index in [1.165, 1.54) is 25.7 Å². The molecule has 0 radical (unpaired) electrons. The van der Waals surface area contributed by atoms with Gasteiger partial charge in [-0.2, -0.15) is 0 Å². The molecule has 0 N–H and O–H groups in total. The topological polar surface area (TPSA) is 20.3 Å². The van der Waals surface area contributed by atoms with Crippen molar-refractivity contribution in [2.75, 3.05) is 13.1 Å². The van der Waals surface area contributed by atoms with Crippen LogP contribution in [-0.4, -0.2) is 29.8 Å². The molecule has 3 atom stereocenters. The van der Waals surface area contributed by atoms with Crippen LogP contribution in [0.1, 0.15) is 52.4 Å². The van der Waals surface area contributed by atoms with Crippen molar-refractivity contribution >= 4 is 5.78 Å². The van der Waals surface area contributed by atoms with Gasteiger partial charge in [0.1, 0.15) is 5.78 Å². The standard InChI is InChI=1S/C14H25NO/c1-3-12-10-15(8-7-14(12)16)13-6-4-5-11(2)9-13/h11-13H,3-10H2,1-2H3. The van der Waals surface area contributed by atoms with Gasteiger partial charge in [-0.05, 0) is 25.2 Å². The maximum atomic E-state index is 11.7. The number of ketones is 1. The van der Waals surface area contributed by atoms with Crippen molar-refractivity contribution in [1.29, 1.82) is 0 Å². The van der Waals surface area contributed by atoms with Crippen molar-refractivity contribution < 1.29 is 4.79 Å². The summed E-state index contributed by atoms with van der Waals surface area (Å²) in [7, 11) is 0. The van der Waals surface area contributed by atoms with Crippen LogP contribution in [-0.2, 0) is 4.79 Å². The van der Waals surface area contributed by atoms with Gasteiger partial charge < -0.3 is 0 Å². The van der Waals surface area contributed by atoms with E-state index in [2.05, 4.69) is 18.7 Å². The summed E-state index contributed by atoms with van der Waals surface area (Å²) in [5.74, 6) is 1.71. The summed E-state index contributed by atoms with van der Waals surface area (Å²) in [6.07, 6.45) is 7.31. The summed E-state index contributed by atoms with van der Waals surface area (Å²) >= 11 is 0. The average molecular weight is 223 g/mol. The Balaban J connectivity index is 1.91. The predicted octanol–water partition coefficient (Wildman–Crippen LogP) is 2.87. The first-order chi connectivity index (χ1) is 7.70. The second kappa shape index (κ2) is 5.31. The molecule has 2 rings (SSSR count). The Morgan fingerprint density at radius 1 is 1.38 bits per heavy atom. The molecule has 2 nitrogen and oxygen atoms in total. The fraction of sp³-hybridized carbons (Fsp3) is 0.929. The number of likely N-dealkylation sites (tertiary alicyclic amines) is 1. The molecule has 2 aliphatic rings. The predicted molar refractivity (Wildman–Crippen MR) is 66.4 cm³/mol. The highest BCUT2D eigenvalue weighted by Crippen LogP contribution is 2.29. The Labute approximate surface area is 99.4 Å². The van der Waals surface area contributed by atoms with Gasteiger partial charge in [0.2, 0.25) is 0 Å². The number of rotatable bonds is 2. The summed E-state index contributed by atoms with van der Waals surface area (Å²) in [6, 6.07) is 0.769. The quantitative estimate of drug-likeness (QED) is 0.717. The molecule has 0 spiro atoms. The van der Waals surface area contributed by atoms with E-state index in [1.807, 2.05) is 0 Å². The number of hydrogen-bond acceptors (Lipinski definition) is 2. The minimum atomic E-state index is 0.325. The van der Waals surface area contributed by atoms with Crippen LogP contribution in [0, 0.1) is 11.8 Å². The van der Waals surface area contributed by atoms with Crippen LogP contribution in [0.5, 0.6) is 0 Å². The Kier molecular flexibility index (Phi) is 4.01. The van der Waals surface area contributed by atoms with Crippen LogP contribution in [0.25, 0.3) is 0 Å². The van der Waals surface area contributed by atoms with E-state index in [-0.39, 0.29) is 0 Å². The molecule has 1 heterocycles. The minimum Gasteiger partial charge on any atom is -0.299 e. The molecular formula is C14H25NO. The Morgan fingerprint density at radius 2 is 2.19 bits per heavy atom. The van der Waals surface area contributed by atoms with Gasteiger partial charge in [-0.25, -0.2) is 0 Å². The van der Waals surface area contributed by atoms with E-state index < -0.39 is 0 Å². The van der Waals surface area contributed by atoms with Crippen LogP contribution >= 0.6 is 0 Å². The van der Waals surface area contributed by atoms with E-state index in [0.29, 0.717) is 11.7 Å². The van der Waals surface area contributed by atoms with E-state index in [0.717, 1.165) is 37.9 Å². The van der Waals surface area contributed by atoms with Crippen molar-refractivity contribution in [3.63, 3.8) is 0 Å². The highest BCUT2D eigenvalue weighted by Gasteiger charge is 2.31. The summed E-state index contributed by atoms with van der Waals surface area (Å²) in [4.78, 5) is 14.3. The second-order valence-corrected chi connectivity index (χ2v) is 5.74. The smallest absolute Gasteiger partial charge is 0.138 e. The largest absolute Gasteiger partial charge is 0.299 e. The molecule has 1 saturated heterocycles. The molecule has 1 aliphatic carbocycles. The van der Waals surface area contributed by atoms with Crippen LogP contribution in [0.3, 0.4) is 0 Å². The van der Waals surface area contributed by atoms with E-state index in [9.17, 15) is 4.79 Å². The number of carbonyl (C=O) groups excluding carboxylic acids is 1. The van der Waals surface area contributed by atoms with Crippen molar-refractivity contribution in [2.24, 2.45) is 11.8 Å². The normalized spacial score (nSPS) is 37.6. The number of nitrogens with zero attached hydrogens (tertiary/aromatic N) is 1. The van der Waals surface area contributed by atoms with Crippen molar-refractivity contribution in [1.82, 2.24) is 4.90 Å². The molecule has 1 saturated carbocycles. The fourth-order valence-corrected chi connectivity index (χ4v) is 3.36. The lowest BCUT2D eigenvalue weighted by atomic mass is 9.84. The first-order valence-electron chi connectivity index (χ1n) is 6.97. The van der Waals surface area contributed by atoms with E-state index in [1.54, 1.807) is 0 Å². The second-order valence-electron chi connectivity index (χ2n) is 5.74. The molecule has 0 aromatic rings. The first kappa shape index (κ1) is 12.1. The van der Waals surface area contributed by atoms with Crippen LogP contribution in [0.15, 0.2) is 0 Å². The van der Waals surface area contributed by atoms with Crippen LogP contribution < -0.4 is 0 Å². The summed E-state index contributed by atoms with van der Waals surface area (Å²) in [6.45, 7) is 6.58. The highest BCUT2D eigenvalue weighted by atomic mass is 16.1. The molecular weight excluding hydrogens is 198 g/mol. The molecule has 16 heavy (non-hydrogen) atoms. The third kappa shape index (κ3) is 2.65.